The summed E-state index contributed by atoms with van der Waals surface area (Å²) in [5.74, 6) is 0. The molecule has 0 aliphatic carbocycles. The van der Waals surface area contributed by atoms with Gasteiger partial charge in [-0.1, -0.05) is 52.4 Å². The van der Waals surface area contributed by atoms with Gasteiger partial charge < -0.3 is 10.2 Å². The predicted octanol–water partition coefficient (Wildman–Crippen LogP) is 5.52. The molecule has 2 nitrogen and oxygen atoms in total. The third-order valence-electron chi connectivity index (χ3n) is 5.15. The normalized spacial score (nSPS) is 18.9. The van der Waals surface area contributed by atoms with Crippen molar-refractivity contribution in [2.24, 2.45) is 0 Å². The Morgan fingerprint density at radius 2 is 1.62 bits per heavy atom. The van der Waals surface area contributed by atoms with Crippen molar-refractivity contribution in [3.63, 3.8) is 0 Å². The number of likely N-dealkylation sites (tertiary alicyclic amines) is 1. The monoisotopic (exact) mass is 350 g/mol. The molecule has 0 spiro atoms. The zero-order valence-electron chi connectivity index (χ0n) is 15.6. The number of piperidine rings is 1. The number of hydrogen-bond donors (Lipinski definition) is 1. The summed E-state index contributed by atoms with van der Waals surface area (Å²) in [7, 11) is 0. The number of nitrogens with one attached hydrogen (secondary N) is 1. The highest BCUT2D eigenvalue weighted by molar-refractivity contribution is 4.82. The molecule has 1 rings (SSSR count). The molecule has 0 radical (unpaired) electrons. The van der Waals surface area contributed by atoms with E-state index in [4.69, 9.17) is 0 Å². The van der Waals surface area contributed by atoms with Gasteiger partial charge in [0, 0.05) is 18.6 Å². The average molecular weight is 351 g/mol. The van der Waals surface area contributed by atoms with Crippen LogP contribution in [0.15, 0.2) is 0 Å². The SMILES string of the molecule is CCCCCCCC(CCC)N1CCC(NCCC(F)(F)F)CC1. The second-order valence-corrected chi connectivity index (χ2v) is 7.27. The maximum absolute atomic E-state index is 12.2. The quantitative estimate of drug-likeness (QED) is 0.466. The second kappa shape index (κ2) is 12.1. The van der Waals surface area contributed by atoms with E-state index >= 15 is 0 Å². The van der Waals surface area contributed by atoms with Crippen LogP contribution in [0.25, 0.3) is 0 Å². The summed E-state index contributed by atoms with van der Waals surface area (Å²) in [4.78, 5) is 2.59. The number of halogens is 3. The molecule has 1 fully saturated rings. The van der Waals surface area contributed by atoms with Crippen molar-refractivity contribution in [3.05, 3.63) is 0 Å². The van der Waals surface area contributed by atoms with Gasteiger partial charge in [0.1, 0.15) is 0 Å². The van der Waals surface area contributed by atoms with Gasteiger partial charge in [-0.3, -0.25) is 0 Å². The van der Waals surface area contributed by atoms with Crippen molar-refractivity contribution in [3.8, 4) is 0 Å². The fraction of sp³-hybridized carbons (Fsp3) is 1.00. The van der Waals surface area contributed by atoms with Crippen LogP contribution < -0.4 is 5.32 Å². The molecule has 1 unspecified atom stereocenters. The molecule has 0 aromatic heterocycles. The number of nitrogens with zero attached hydrogens (tertiary/aromatic N) is 1. The van der Waals surface area contributed by atoms with Gasteiger partial charge in [-0.05, 0) is 38.8 Å². The lowest BCUT2D eigenvalue weighted by atomic mass is 9.97. The van der Waals surface area contributed by atoms with Gasteiger partial charge in [-0.25, -0.2) is 0 Å². The Labute approximate surface area is 146 Å². The van der Waals surface area contributed by atoms with Gasteiger partial charge in [0.15, 0.2) is 0 Å². The van der Waals surface area contributed by atoms with Crippen LogP contribution in [0.2, 0.25) is 0 Å². The first-order chi connectivity index (χ1) is 11.5. The maximum Gasteiger partial charge on any atom is 0.390 e. The van der Waals surface area contributed by atoms with Crippen LogP contribution in [-0.2, 0) is 0 Å². The van der Waals surface area contributed by atoms with Crippen LogP contribution in [0.3, 0.4) is 0 Å². The molecule has 5 heteroatoms. The van der Waals surface area contributed by atoms with Crippen LogP contribution in [0.5, 0.6) is 0 Å². The van der Waals surface area contributed by atoms with E-state index < -0.39 is 12.6 Å². The summed E-state index contributed by atoms with van der Waals surface area (Å²) >= 11 is 0. The van der Waals surface area contributed by atoms with Crippen LogP contribution in [0.1, 0.15) is 84.5 Å². The highest BCUT2D eigenvalue weighted by atomic mass is 19.4. The van der Waals surface area contributed by atoms with E-state index in [1.165, 1.54) is 51.4 Å². The third-order valence-corrected chi connectivity index (χ3v) is 5.15. The maximum atomic E-state index is 12.2. The lowest BCUT2D eigenvalue weighted by Crippen LogP contribution is -2.47. The number of rotatable bonds is 12. The highest BCUT2D eigenvalue weighted by Gasteiger charge is 2.28. The Hall–Kier alpha value is -0.290. The minimum absolute atomic E-state index is 0.0595. The topological polar surface area (TPSA) is 15.3 Å². The van der Waals surface area contributed by atoms with E-state index in [0.717, 1.165) is 25.9 Å². The summed E-state index contributed by atoms with van der Waals surface area (Å²) in [6.45, 7) is 6.61. The Kier molecular flexibility index (Phi) is 11.0. The Morgan fingerprint density at radius 3 is 2.21 bits per heavy atom. The van der Waals surface area contributed by atoms with Crippen molar-refractivity contribution < 1.29 is 13.2 Å². The smallest absolute Gasteiger partial charge is 0.314 e. The number of unbranched alkanes of at least 4 members (excludes halogenated alkanes) is 4. The first kappa shape index (κ1) is 21.8. The molecule has 144 valence electrons. The molecule has 1 heterocycles. The Balaban J connectivity index is 2.23. The van der Waals surface area contributed by atoms with E-state index in [2.05, 4.69) is 24.1 Å². The summed E-state index contributed by atoms with van der Waals surface area (Å²) in [6.07, 6.45) is 7.56. The van der Waals surface area contributed by atoms with Crippen LogP contribution in [0.4, 0.5) is 13.2 Å². The van der Waals surface area contributed by atoms with Crippen LogP contribution in [0, 0.1) is 0 Å². The molecule has 0 aromatic rings. The van der Waals surface area contributed by atoms with Gasteiger partial charge in [0.25, 0.3) is 0 Å². The molecule has 1 atom stereocenters. The molecular weight excluding hydrogens is 313 g/mol. The largest absolute Gasteiger partial charge is 0.390 e. The fourth-order valence-corrected chi connectivity index (χ4v) is 3.71. The molecule has 1 aliphatic rings. The van der Waals surface area contributed by atoms with E-state index in [-0.39, 0.29) is 12.6 Å². The Bertz CT molecular complexity index is 299. The molecule has 0 aromatic carbocycles. The average Bonchev–Trinajstić information content (AvgIpc) is 2.53. The van der Waals surface area contributed by atoms with Gasteiger partial charge in [0.2, 0.25) is 0 Å². The van der Waals surface area contributed by atoms with Gasteiger partial charge in [-0.15, -0.1) is 0 Å². The molecule has 0 saturated carbocycles. The zero-order chi connectivity index (χ0) is 17.8. The van der Waals surface area contributed by atoms with E-state index in [0.29, 0.717) is 6.04 Å². The molecule has 24 heavy (non-hydrogen) atoms. The summed E-state index contributed by atoms with van der Waals surface area (Å²) < 4.78 is 36.6. The molecule has 1 saturated heterocycles. The minimum atomic E-state index is -4.04. The first-order valence-corrected chi connectivity index (χ1v) is 10.0. The Morgan fingerprint density at radius 1 is 0.958 bits per heavy atom. The van der Waals surface area contributed by atoms with Crippen molar-refractivity contribution in [2.45, 2.75) is 103 Å². The summed E-state index contributed by atoms with van der Waals surface area (Å²) in [5.41, 5.74) is 0. The van der Waals surface area contributed by atoms with Gasteiger partial charge >= 0.3 is 6.18 Å². The predicted molar refractivity (Wildman–Crippen MR) is 95.3 cm³/mol. The number of alkyl halides is 3. The minimum Gasteiger partial charge on any atom is -0.314 e. The first-order valence-electron chi connectivity index (χ1n) is 10.0. The standard InChI is InChI=1S/C19H37F3N2/c1-3-5-6-7-8-10-18(9-4-2)24-15-11-17(12-16-24)23-14-13-19(20,21)22/h17-18,23H,3-16H2,1-2H3. The second-order valence-electron chi connectivity index (χ2n) is 7.27. The molecule has 0 bridgehead atoms. The van der Waals surface area contributed by atoms with Crippen molar-refractivity contribution in [1.29, 1.82) is 0 Å². The van der Waals surface area contributed by atoms with Gasteiger partial charge in [0.05, 0.1) is 6.42 Å². The molecule has 1 N–H and O–H groups in total. The fourth-order valence-electron chi connectivity index (χ4n) is 3.71. The lowest BCUT2D eigenvalue weighted by Gasteiger charge is -2.38. The van der Waals surface area contributed by atoms with Gasteiger partial charge in [-0.2, -0.15) is 13.2 Å². The number of hydrogen-bond acceptors (Lipinski definition) is 2. The zero-order valence-corrected chi connectivity index (χ0v) is 15.6. The van der Waals surface area contributed by atoms with Crippen molar-refractivity contribution in [2.75, 3.05) is 19.6 Å². The molecule has 1 aliphatic heterocycles. The lowest BCUT2D eigenvalue weighted by molar-refractivity contribution is -0.133. The van der Waals surface area contributed by atoms with E-state index in [1.54, 1.807) is 0 Å². The van der Waals surface area contributed by atoms with E-state index in [9.17, 15) is 13.2 Å². The van der Waals surface area contributed by atoms with Crippen molar-refractivity contribution >= 4 is 0 Å². The molecule has 0 amide bonds. The molecular formula is C19H37F3N2. The van der Waals surface area contributed by atoms with Crippen LogP contribution >= 0.6 is 0 Å². The summed E-state index contributed by atoms with van der Waals surface area (Å²) in [5, 5.41) is 3.09. The summed E-state index contributed by atoms with van der Waals surface area (Å²) in [6, 6.07) is 0.934. The van der Waals surface area contributed by atoms with E-state index in [1.807, 2.05) is 0 Å². The third kappa shape index (κ3) is 9.87. The highest BCUT2D eigenvalue weighted by Crippen LogP contribution is 2.22. The van der Waals surface area contributed by atoms with Crippen molar-refractivity contribution in [1.82, 2.24) is 10.2 Å². The van der Waals surface area contributed by atoms with Crippen LogP contribution in [-0.4, -0.2) is 42.8 Å².